The number of morpholine rings is 1. The Balaban J connectivity index is 1.75. The topological polar surface area (TPSA) is 62.0 Å². The Hall–Kier alpha value is -1.53. The van der Waals surface area contributed by atoms with E-state index in [1.54, 1.807) is 6.26 Å². The molecule has 1 fully saturated rings. The van der Waals surface area contributed by atoms with Gasteiger partial charge in [0.25, 0.3) is 0 Å². The van der Waals surface area contributed by atoms with Gasteiger partial charge in [-0.05, 0) is 26.0 Å². The molecule has 2 heterocycles. The van der Waals surface area contributed by atoms with Crippen LogP contribution in [0.2, 0.25) is 0 Å². The Morgan fingerprint density at radius 2 is 2.18 bits per heavy atom. The summed E-state index contributed by atoms with van der Waals surface area (Å²) in [5.41, 5.74) is 0. The van der Waals surface area contributed by atoms with E-state index in [0.717, 1.165) is 64.1 Å². The number of nitrogens with zero attached hydrogens (tertiary/aromatic N) is 2. The molecule has 0 amide bonds. The van der Waals surface area contributed by atoms with E-state index in [-0.39, 0.29) is 0 Å². The summed E-state index contributed by atoms with van der Waals surface area (Å²) in [7, 11) is 0. The van der Waals surface area contributed by atoms with Gasteiger partial charge in [0.2, 0.25) is 0 Å². The molecule has 6 nitrogen and oxygen atoms in total. The van der Waals surface area contributed by atoms with Crippen molar-refractivity contribution in [2.45, 2.75) is 26.3 Å². The molecule has 6 heteroatoms. The molecule has 0 aliphatic carbocycles. The first-order valence-electron chi connectivity index (χ1n) is 8.16. The van der Waals surface area contributed by atoms with Gasteiger partial charge < -0.3 is 19.8 Å². The quantitative estimate of drug-likeness (QED) is 0.583. The second-order valence-electron chi connectivity index (χ2n) is 5.47. The summed E-state index contributed by atoms with van der Waals surface area (Å²) in [5.74, 6) is 1.86. The zero-order valence-electron chi connectivity index (χ0n) is 13.7. The highest BCUT2D eigenvalue weighted by Crippen LogP contribution is 2.04. The van der Waals surface area contributed by atoms with Crippen molar-refractivity contribution in [1.82, 2.24) is 15.5 Å². The molecule has 2 rings (SSSR count). The Morgan fingerprint density at radius 3 is 2.86 bits per heavy atom. The van der Waals surface area contributed by atoms with Crippen molar-refractivity contribution >= 4 is 5.96 Å². The van der Waals surface area contributed by atoms with Gasteiger partial charge >= 0.3 is 0 Å². The van der Waals surface area contributed by atoms with Crippen molar-refractivity contribution in [2.24, 2.45) is 4.99 Å². The molecule has 124 valence electrons. The van der Waals surface area contributed by atoms with Crippen LogP contribution in [0.25, 0.3) is 0 Å². The largest absolute Gasteiger partial charge is 0.469 e. The van der Waals surface area contributed by atoms with Gasteiger partial charge in [-0.1, -0.05) is 0 Å². The van der Waals surface area contributed by atoms with Crippen LogP contribution in [-0.4, -0.2) is 62.8 Å². The van der Waals surface area contributed by atoms with E-state index in [0.29, 0.717) is 6.04 Å². The smallest absolute Gasteiger partial charge is 0.191 e. The van der Waals surface area contributed by atoms with Gasteiger partial charge in [-0.3, -0.25) is 9.89 Å². The van der Waals surface area contributed by atoms with E-state index in [4.69, 9.17) is 9.15 Å². The second-order valence-corrected chi connectivity index (χ2v) is 5.47. The number of guanidine groups is 1. The fraction of sp³-hybridized carbons (Fsp3) is 0.688. The zero-order chi connectivity index (χ0) is 15.6. The third kappa shape index (κ3) is 5.69. The molecule has 1 aliphatic rings. The molecule has 22 heavy (non-hydrogen) atoms. The Kier molecular flexibility index (Phi) is 7.25. The van der Waals surface area contributed by atoms with Gasteiger partial charge in [-0.25, -0.2) is 0 Å². The third-order valence-electron chi connectivity index (χ3n) is 3.77. The van der Waals surface area contributed by atoms with E-state index >= 15 is 0 Å². The Morgan fingerprint density at radius 1 is 1.36 bits per heavy atom. The summed E-state index contributed by atoms with van der Waals surface area (Å²) in [6.45, 7) is 10.4. The minimum absolute atomic E-state index is 0.435. The second kappa shape index (κ2) is 9.48. The van der Waals surface area contributed by atoms with Crippen LogP contribution >= 0.6 is 0 Å². The predicted molar refractivity (Wildman–Crippen MR) is 88.2 cm³/mol. The van der Waals surface area contributed by atoms with Gasteiger partial charge in [0.1, 0.15) is 5.76 Å². The van der Waals surface area contributed by atoms with Crippen LogP contribution in [0.4, 0.5) is 0 Å². The van der Waals surface area contributed by atoms with Gasteiger partial charge in [0.15, 0.2) is 5.96 Å². The lowest BCUT2D eigenvalue weighted by molar-refractivity contribution is 0.0220. The van der Waals surface area contributed by atoms with Crippen molar-refractivity contribution in [3.8, 4) is 0 Å². The summed E-state index contributed by atoms with van der Waals surface area (Å²) < 4.78 is 10.7. The molecule has 1 aromatic heterocycles. The number of hydrogen-bond donors (Lipinski definition) is 2. The average molecular weight is 308 g/mol. The zero-order valence-corrected chi connectivity index (χ0v) is 13.7. The summed E-state index contributed by atoms with van der Waals surface area (Å²) in [6, 6.07) is 4.34. The minimum atomic E-state index is 0.435. The lowest BCUT2D eigenvalue weighted by Gasteiger charge is -2.31. The molecule has 1 saturated heterocycles. The van der Waals surface area contributed by atoms with Gasteiger partial charge in [-0.2, -0.15) is 0 Å². The van der Waals surface area contributed by atoms with Crippen LogP contribution in [0.15, 0.2) is 27.8 Å². The van der Waals surface area contributed by atoms with Crippen molar-refractivity contribution in [2.75, 3.05) is 45.9 Å². The van der Waals surface area contributed by atoms with Crippen molar-refractivity contribution < 1.29 is 9.15 Å². The van der Waals surface area contributed by atoms with E-state index in [9.17, 15) is 0 Å². The molecular weight excluding hydrogens is 280 g/mol. The van der Waals surface area contributed by atoms with Crippen molar-refractivity contribution in [3.05, 3.63) is 24.2 Å². The molecule has 0 radical (unpaired) electrons. The van der Waals surface area contributed by atoms with Crippen LogP contribution in [0, 0.1) is 0 Å². The molecule has 1 unspecified atom stereocenters. The van der Waals surface area contributed by atoms with E-state index < -0.39 is 0 Å². The van der Waals surface area contributed by atoms with Crippen LogP contribution < -0.4 is 10.6 Å². The Labute approximate surface area is 132 Å². The molecule has 2 N–H and O–H groups in total. The van der Waals surface area contributed by atoms with Gasteiger partial charge in [-0.15, -0.1) is 0 Å². The summed E-state index contributed by atoms with van der Waals surface area (Å²) in [4.78, 5) is 7.12. The monoisotopic (exact) mass is 308 g/mol. The van der Waals surface area contributed by atoms with E-state index in [1.165, 1.54) is 0 Å². The number of aliphatic imine (C=N–C) groups is 1. The molecule has 1 aliphatic heterocycles. The molecular formula is C16H28N4O2. The molecule has 1 atom stereocenters. The maximum Gasteiger partial charge on any atom is 0.191 e. The Bertz CT molecular complexity index is 427. The minimum Gasteiger partial charge on any atom is -0.469 e. The van der Waals surface area contributed by atoms with Crippen molar-refractivity contribution in [1.29, 1.82) is 0 Å². The maximum atomic E-state index is 5.39. The molecule has 0 saturated carbocycles. The normalized spacial score (nSPS) is 18.2. The molecule has 0 bridgehead atoms. The fourth-order valence-electron chi connectivity index (χ4n) is 2.46. The summed E-state index contributed by atoms with van der Waals surface area (Å²) in [6.07, 6.45) is 2.56. The summed E-state index contributed by atoms with van der Waals surface area (Å²) in [5, 5.41) is 6.64. The standard InChI is InChI=1S/C16H28N4O2/c1-3-17-16(18-7-6-15-5-4-10-22-15)19-13-14(2)20-8-11-21-12-9-20/h4-5,10,14H,3,6-9,11-13H2,1-2H3,(H2,17,18,19). The molecule has 0 aromatic carbocycles. The number of hydrogen-bond acceptors (Lipinski definition) is 4. The van der Waals surface area contributed by atoms with Crippen LogP contribution in [0.3, 0.4) is 0 Å². The SMILES string of the molecule is CCNC(=NCC(C)N1CCOCC1)NCCc1ccco1. The number of nitrogens with one attached hydrogen (secondary N) is 2. The maximum absolute atomic E-state index is 5.39. The van der Waals surface area contributed by atoms with Gasteiger partial charge in [0.05, 0.1) is 26.0 Å². The summed E-state index contributed by atoms with van der Waals surface area (Å²) >= 11 is 0. The van der Waals surface area contributed by atoms with Gasteiger partial charge in [0, 0.05) is 38.6 Å². The van der Waals surface area contributed by atoms with Crippen LogP contribution in [0.1, 0.15) is 19.6 Å². The van der Waals surface area contributed by atoms with Crippen LogP contribution in [0.5, 0.6) is 0 Å². The lowest BCUT2D eigenvalue weighted by atomic mass is 10.2. The molecule has 0 spiro atoms. The first-order valence-corrected chi connectivity index (χ1v) is 8.16. The highest BCUT2D eigenvalue weighted by Gasteiger charge is 2.16. The fourth-order valence-corrected chi connectivity index (χ4v) is 2.46. The van der Waals surface area contributed by atoms with Crippen LogP contribution in [-0.2, 0) is 11.2 Å². The average Bonchev–Trinajstić information content (AvgIpc) is 3.06. The van der Waals surface area contributed by atoms with E-state index in [2.05, 4.69) is 34.4 Å². The first kappa shape index (κ1) is 16.8. The number of furan rings is 1. The molecule has 1 aromatic rings. The van der Waals surface area contributed by atoms with E-state index in [1.807, 2.05) is 12.1 Å². The lowest BCUT2D eigenvalue weighted by Crippen LogP contribution is -2.44. The highest BCUT2D eigenvalue weighted by atomic mass is 16.5. The third-order valence-corrected chi connectivity index (χ3v) is 3.77. The van der Waals surface area contributed by atoms with Crippen molar-refractivity contribution in [3.63, 3.8) is 0 Å². The predicted octanol–water partition coefficient (Wildman–Crippen LogP) is 1.10. The highest BCUT2D eigenvalue weighted by molar-refractivity contribution is 5.79. The first-order chi connectivity index (χ1) is 10.8. The number of ether oxygens (including phenoxy) is 1. The number of rotatable bonds is 7.